The number of likely N-dealkylation sites (tertiary alicyclic amines) is 2. The van der Waals surface area contributed by atoms with Crippen LogP contribution in [0.25, 0.3) is 11.1 Å². The Hall–Kier alpha value is -3.02. The molecule has 0 bridgehead atoms. The molecule has 5 rings (SSSR count). The van der Waals surface area contributed by atoms with E-state index < -0.39 is 11.2 Å². The van der Waals surface area contributed by atoms with Crippen molar-refractivity contribution in [1.82, 2.24) is 9.80 Å². The van der Waals surface area contributed by atoms with E-state index in [2.05, 4.69) is 55.5 Å². The highest BCUT2D eigenvalue weighted by Crippen LogP contribution is 2.44. The van der Waals surface area contributed by atoms with E-state index >= 15 is 0 Å². The highest BCUT2D eigenvalue weighted by atomic mass is 16.6. The maximum atomic E-state index is 12.9. The van der Waals surface area contributed by atoms with Crippen LogP contribution >= 0.6 is 0 Å². The Morgan fingerprint density at radius 3 is 1.93 bits per heavy atom. The molecule has 2 aromatic rings. The van der Waals surface area contributed by atoms with Crippen molar-refractivity contribution in [1.29, 1.82) is 0 Å². The molecule has 1 aliphatic carbocycles. The molecule has 3 fully saturated rings. The van der Waals surface area contributed by atoms with Crippen LogP contribution in [0.5, 0.6) is 0 Å². The number of nitrogens with zero attached hydrogens (tertiary/aromatic N) is 2. The first kappa shape index (κ1) is 33.3. The largest absolute Gasteiger partial charge is 0.444 e. The summed E-state index contributed by atoms with van der Waals surface area (Å²) in [4.78, 5) is 29.5. The van der Waals surface area contributed by atoms with Crippen molar-refractivity contribution in [3.8, 4) is 11.1 Å². The van der Waals surface area contributed by atoms with Gasteiger partial charge in [-0.1, -0.05) is 55.5 Å². The molecule has 2 saturated heterocycles. The number of carbonyl (C=O) groups is 2. The molecule has 0 aromatic heterocycles. The first-order chi connectivity index (χ1) is 21.3. The van der Waals surface area contributed by atoms with Gasteiger partial charge >= 0.3 is 12.2 Å². The average Bonchev–Trinajstić information content (AvgIpc) is 3.75. The van der Waals surface area contributed by atoms with Gasteiger partial charge < -0.3 is 19.3 Å². The number of ether oxygens (including phenoxy) is 2. The Morgan fingerprint density at radius 1 is 0.756 bits per heavy atom. The number of carbonyl (C=O) groups excluding carboxylic acids is 2. The van der Waals surface area contributed by atoms with Crippen molar-refractivity contribution in [2.24, 2.45) is 5.92 Å². The lowest BCUT2D eigenvalue weighted by Crippen LogP contribution is -2.42. The highest BCUT2D eigenvalue weighted by Gasteiger charge is 2.40. The Bertz CT molecular complexity index is 1290. The zero-order valence-corrected chi connectivity index (χ0v) is 28.8. The van der Waals surface area contributed by atoms with Crippen LogP contribution in [0, 0.1) is 5.92 Å². The average molecular weight is 617 g/mol. The summed E-state index contributed by atoms with van der Waals surface area (Å²) >= 11 is 0. The fourth-order valence-electron chi connectivity index (χ4n) is 7.76. The Balaban J connectivity index is 1.13. The first-order valence-corrected chi connectivity index (χ1v) is 17.5. The number of rotatable bonds is 7. The second-order valence-corrected chi connectivity index (χ2v) is 15.8. The maximum absolute atomic E-state index is 12.9. The second-order valence-electron chi connectivity index (χ2n) is 15.8. The standard InChI is InChI=1S/C39H56N2O4/c1-27(12-23-34-10-8-24-40(34)36(42)44-38(2,3)4)28-13-15-29(16-14-28)30-17-19-31(20-18-30)32-21-22-33(26-32)35-11-9-25-41(35)37(43)45-39(5,6)7/h13-20,27,32-35H,8-12,21-26H2,1-7H3/t27?,32?,33?,34-,35-/m0/s1. The van der Waals surface area contributed by atoms with Crippen LogP contribution in [0.4, 0.5) is 9.59 Å². The summed E-state index contributed by atoms with van der Waals surface area (Å²) in [5, 5.41) is 0. The zero-order chi connectivity index (χ0) is 32.4. The van der Waals surface area contributed by atoms with Gasteiger partial charge in [-0.05, 0) is 139 Å². The number of hydrogen-bond acceptors (Lipinski definition) is 4. The lowest BCUT2D eigenvalue weighted by atomic mass is 9.90. The molecule has 1 saturated carbocycles. The number of benzene rings is 2. The fourth-order valence-corrected chi connectivity index (χ4v) is 7.76. The quantitative estimate of drug-likeness (QED) is 0.311. The van der Waals surface area contributed by atoms with Crippen LogP contribution < -0.4 is 0 Å². The molecule has 45 heavy (non-hydrogen) atoms. The molecule has 0 spiro atoms. The van der Waals surface area contributed by atoms with Crippen molar-refractivity contribution in [3.05, 3.63) is 59.7 Å². The van der Waals surface area contributed by atoms with Crippen LogP contribution in [0.2, 0.25) is 0 Å². The van der Waals surface area contributed by atoms with Gasteiger partial charge in [0.1, 0.15) is 11.2 Å². The highest BCUT2D eigenvalue weighted by molar-refractivity contribution is 5.69. The van der Waals surface area contributed by atoms with Gasteiger partial charge in [-0.25, -0.2) is 9.59 Å². The minimum atomic E-state index is -0.457. The van der Waals surface area contributed by atoms with Crippen molar-refractivity contribution < 1.29 is 19.1 Å². The van der Waals surface area contributed by atoms with Gasteiger partial charge in [-0.2, -0.15) is 0 Å². The molecule has 6 heteroatoms. The lowest BCUT2D eigenvalue weighted by molar-refractivity contribution is 0.0175. The van der Waals surface area contributed by atoms with E-state index in [1.807, 2.05) is 51.3 Å². The molecule has 2 amide bonds. The van der Waals surface area contributed by atoms with Crippen molar-refractivity contribution >= 4 is 12.2 Å². The molecule has 2 aliphatic heterocycles. The Morgan fingerprint density at radius 2 is 1.31 bits per heavy atom. The summed E-state index contributed by atoms with van der Waals surface area (Å²) < 4.78 is 11.4. The van der Waals surface area contributed by atoms with E-state index in [0.29, 0.717) is 23.8 Å². The topological polar surface area (TPSA) is 59.1 Å². The third-order valence-corrected chi connectivity index (χ3v) is 10.1. The maximum Gasteiger partial charge on any atom is 0.410 e. The van der Waals surface area contributed by atoms with E-state index in [9.17, 15) is 9.59 Å². The lowest BCUT2D eigenvalue weighted by Gasteiger charge is -2.31. The third-order valence-electron chi connectivity index (χ3n) is 10.1. The van der Waals surface area contributed by atoms with E-state index in [4.69, 9.17) is 9.47 Å². The monoisotopic (exact) mass is 616 g/mol. The van der Waals surface area contributed by atoms with Gasteiger partial charge in [0.25, 0.3) is 0 Å². The van der Waals surface area contributed by atoms with Crippen LogP contribution in [-0.2, 0) is 9.47 Å². The van der Waals surface area contributed by atoms with Crippen LogP contribution in [0.15, 0.2) is 48.5 Å². The van der Waals surface area contributed by atoms with Gasteiger partial charge in [0.15, 0.2) is 0 Å². The molecule has 0 N–H and O–H groups in total. The molecular weight excluding hydrogens is 560 g/mol. The van der Waals surface area contributed by atoms with Crippen molar-refractivity contribution in [2.75, 3.05) is 13.1 Å². The fraction of sp³-hybridized carbons (Fsp3) is 0.641. The van der Waals surface area contributed by atoms with E-state index in [0.717, 1.165) is 58.0 Å². The van der Waals surface area contributed by atoms with Gasteiger partial charge in [0, 0.05) is 25.2 Å². The molecule has 6 nitrogen and oxygen atoms in total. The summed E-state index contributed by atoms with van der Waals surface area (Å²) in [6, 6.07) is 18.8. The van der Waals surface area contributed by atoms with Gasteiger partial charge in [0.2, 0.25) is 0 Å². The third kappa shape index (κ3) is 8.62. The minimum absolute atomic E-state index is 0.142. The number of amides is 2. The molecule has 3 aliphatic rings. The summed E-state index contributed by atoms with van der Waals surface area (Å²) in [6.07, 6.45) is 9.54. The molecule has 2 aromatic carbocycles. The second kappa shape index (κ2) is 13.8. The molecule has 3 unspecified atom stereocenters. The molecule has 2 heterocycles. The van der Waals surface area contributed by atoms with Crippen LogP contribution in [0.3, 0.4) is 0 Å². The Labute approximate surface area is 271 Å². The molecule has 0 radical (unpaired) electrons. The minimum Gasteiger partial charge on any atom is -0.444 e. The first-order valence-electron chi connectivity index (χ1n) is 17.5. The molecule has 246 valence electrons. The van der Waals surface area contributed by atoms with Gasteiger partial charge in [-0.3, -0.25) is 0 Å². The summed E-state index contributed by atoms with van der Waals surface area (Å²) in [6.45, 7) is 15.5. The molecular formula is C39H56N2O4. The SMILES string of the molecule is CC(CC[C@@H]1CCCN1C(=O)OC(C)(C)C)c1ccc(-c2ccc(C3CCC([C@@H]4CCCN4C(=O)OC(C)(C)C)C3)cc2)cc1. The van der Waals surface area contributed by atoms with Gasteiger partial charge in [0.05, 0.1) is 0 Å². The van der Waals surface area contributed by atoms with Crippen molar-refractivity contribution in [2.45, 2.75) is 141 Å². The van der Waals surface area contributed by atoms with Crippen LogP contribution in [-0.4, -0.2) is 58.4 Å². The Kier molecular flexibility index (Phi) is 10.2. The predicted molar refractivity (Wildman–Crippen MR) is 182 cm³/mol. The van der Waals surface area contributed by atoms with E-state index in [1.165, 1.54) is 35.1 Å². The summed E-state index contributed by atoms with van der Waals surface area (Å²) in [5.74, 6) is 1.54. The van der Waals surface area contributed by atoms with Gasteiger partial charge in [-0.15, -0.1) is 0 Å². The smallest absolute Gasteiger partial charge is 0.410 e. The number of hydrogen-bond donors (Lipinski definition) is 0. The van der Waals surface area contributed by atoms with Crippen molar-refractivity contribution in [3.63, 3.8) is 0 Å². The summed E-state index contributed by atoms with van der Waals surface area (Å²) in [7, 11) is 0. The predicted octanol–water partition coefficient (Wildman–Crippen LogP) is 9.92. The summed E-state index contributed by atoms with van der Waals surface area (Å²) in [5.41, 5.74) is 4.35. The van der Waals surface area contributed by atoms with E-state index in [-0.39, 0.29) is 18.2 Å². The van der Waals surface area contributed by atoms with E-state index in [1.54, 1.807) is 0 Å². The zero-order valence-electron chi connectivity index (χ0n) is 28.8. The normalized spacial score (nSPS) is 24.6. The van der Waals surface area contributed by atoms with Crippen LogP contribution in [0.1, 0.15) is 129 Å². The molecule has 5 atom stereocenters.